The highest BCUT2D eigenvalue weighted by atomic mass is 32.1. The van der Waals surface area contributed by atoms with Gasteiger partial charge in [0.2, 0.25) is 0 Å². The van der Waals surface area contributed by atoms with Crippen molar-refractivity contribution in [2.24, 2.45) is 10.9 Å². The Hall–Kier alpha value is -0.200. The molecule has 1 aliphatic rings. The molecule has 56 valence electrons. The van der Waals surface area contributed by atoms with Gasteiger partial charge in [0.25, 0.3) is 0 Å². The summed E-state index contributed by atoms with van der Waals surface area (Å²) in [5, 5.41) is 2.48. The zero-order chi connectivity index (χ0) is 7.40. The van der Waals surface area contributed by atoms with E-state index in [9.17, 15) is 0 Å². The van der Waals surface area contributed by atoms with Crippen LogP contribution in [0.2, 0.25) is 0 Å². The van der Waals surface area contributed by atoms with Crippen molar-refractivity contribution in [3.63, 3.8) is 0 Å². The van der Waals surface area contributed by atoms with Crippen molar-refractivity contribution in [3.8, 4) is 0 Å². The van der Waals surface area contributed by atoms with Crippen LogP contribution in [0.15, 0.2) is 4.99 Å². The van der Waals surface area contributed by atoms with Gasteiger partial charge >= 0.3 is 0 Å². The largest absolute Gasteiger partial charge is 0.229 e. The smallest absolute Gasteiger partial charge is 0.0628 e. The Morgan fingerprint density at radius 3 is 2.70 bits per heavy atom. The Bertz CT molecular complexity index is 149. The monoisotopic (exact) mass is 155 g/mol. The minimum atomic E-state index is 0.478. The van der Waals surface area contributed by atoms with Gasteiger partial charge in [-0.15, -0.1) is 0 Å². The van der Waals surface area contributed by atoms with Crippen molar-refractivity contribution in [2.75, 3.05) is 0 Å². The van der Waals surface area contributed by atoms with Gasteiger partial charge in [-0.2, -0.15) is 0 Å². The third kappa shape index (κ3) is 1.89. The highest BCUT2D eigenvalue weighted by Crippen LogP contribution is 2.25. The Labute approximate surface area is 67.5 Å². The summed E-state index contributed by atoms with van der Waals surface area (Å²) in [4.78, 5) is 4.13. The van der Waals surface area contributed by atoms with Gasteiger partial charge in [0, 0.05) is 0 Å². The molecule has 0 spiro atoms. The molecule has 0 radical (unpaired) electrons. The lowest BCUT2D eigenvalue weighted by Gasteiger charge is -2.23. The molecular weight excluding hydrogens is 142 g/mol. The number of rotatable bonds is 1. The normalized spacial score (nSPS) is 32.9. The number of aliphatic imine (C=N–C) groups is 1. The van der Waals surface area contributed by atoms with Crippen LogP contribution in [0.5, 0.6) is 0 Å². The average Bonchev–Trinajstić information content (AvgIpc) is 1.94. The summed E-state index contributed by atoms with van der Waals surface area (Å²) in [7, 11) is 0. The second-order valence-corrected chi connectivity index (χ2v) is 3.23. The first-order chi connectivity index (χ1) is 4.84. The molecule has 0 aromatic heterocycles. The Balaban J connectivity index is 2.47. The SMILES string of the molecule is C[C@H]1CCCC[C@@H]1N=C=S. The summed E-state index contributed by atoms with van der Waals surface area (Å²) < 4.78 is 0. The van der Waals surface area contributed by atoms with Crippen molar-refractivity contribution >= 4 is 17.4 Å². The van der Waals surface area contributed by atoms with Gasteiger partial charge in [0.05, 0.1) is 11.2 Å². The van der Waals surface area contributed by atoms with E-state index in [0.29, 0.717) is 6.04 Å². The molecule has 2 heteroatoms. The van der Waals surface area contributed by atoms with Crippen molar-refractivity contribution < 1.29 is 0 Å². The van der Waals surface area contributed by atoms with Gasteiger partial charge in [-0.05, 0) is 31.0 Å². The molecule has 0 saturated heterocycles. The molecule has 0 amide bonds. The third-order valence-electron chi connectivity index (χ3n) is 2.28. The molecule has 1 nitrogen and oxygen atoms in total. The first kappa shape index (κ1) is 7.90. The van der Waals surface area contributed by atoms with E-state index in [4.69, 9.17) is 0 Å². The maximum Gasteiger partial charge on any atom is 0.0628 e. The fourth-order valence-electron chi connectivity index (χ4n) is 1.56. The van der Waals surface area contributed by atoms with Gasteiger partial charge in [0.1, 0.15) is 0 Å². The van der Waals surface area contributed by atoms with Crippen LogP contribution in [-0.4, -0.2) is 11.2 Å². The van der Waals surface area contributed by atoms with Crippen molar-refractivity contribution in [3.05, 3.63) is 0 Å². The fourth-order valence-corrected chi connectivity index (χ4v) is 1.69. The molecule has 1 rings (SSSR count). The third-order valence-corrected chi connectivity index (χ3v) is 2.39. The minimum Gasteiger partial charge on any atom is -0.229 e. The van der Waals surface area contributed by atoms with E-state index < -0.39 is 0 Å². The summed E-state index contributed by atoms with van der Waals surface area (Å²) in [5.74, 6) is 0.726. The Morgan fingerprint density at radius 1 is 1.40 bits per heavy atom. The molecule has 1 fully saturated rings. The van der Waals surface area contributed by atoms with Crippen LogP contribution in [0.4, 0.5) is 0 Å². The molecule has 2 atom stereocenters. The van der Waals surface area contributed by atoms with Gasteiger partial charge in [-0.25, -0.2) is 4.99 Å². The molecule has 1 saturated carbocycles. The Morgan fingerprint density at radius 2 is 2.10 bits per heavy atom. The van der Waals surface area contributed by atoms with Crippen molar-refractivity contribution in [2.45, 2.75) is 38.6 Å². The predicted octanol–water partition coefficient (Wildman–Crippen LogP) is 2.67. The lowest BCUT2D eigenvalue weighted by Crippen LogP contribution is -2.19. The molecule has 0 N–H and O–H groups in total. The first-order valence-electron chi connectivity index (χ1n) is 3.91. The molecular formula is C8H13NS. The maximum absolute atomic E-state index is 4.57. The summed E-state index contributed by atoms with van der Waals surface area (Å²) in [6.07, 6.45) is 5.20. The lowest BCUT2D eigenvalue weighted by molar-refractivity contribution is 0.334. The van der Waals surface area contributed by atoms with Crippen molar-refractivity contribution in [1.29, 1.82) is 0 Å². The summed E-state index contributed by atoms with van der Waals surface area (Å²) in [5.41, 5.74) is 0. The van der Waals surface area contributed by atoms with Gasteiger partial charge in [-0.3, -0.25) is 0 Å². The van der Waals surface area contributed by atoms with E-state index in [1.165, 1.54) is 25.7 Å². The molecule has 0 aromatic carbocycles. The highest BCUT2D eigenvalue weighted by molar-refractivity contribution is 7.78. The van der Waals surface area contributed by atoms with Crippen LogP contribution in [0, 0.1) is 5.92 Å². The molecule has 0 aromatic rings. The van der Waals surface area contributed by atoms with Crippen LogP contribution in [0.3, 0.4) is 0 Å². The van der Waals surface area contributed by atoms with Crippen LogP contribution in [0.1, 0.15) is 32.6 Å². The predicted molar refractivity (Wildman–Crippen MR) is 46.4 cm³/mol. The molecule has 10 heavy (non-hydrogen) atoms. The van der Waals surface area contributed by atoms with Crippen LogP contribution < -0.4 is 0 Å². The van der Waals surface area contributed by atoms with Crippen LogP contribution in [0.25, 0.3) is 0 Å². The van der Waals surface area contributed by atoms with Gasteiger partial charge < -0.3 is 0 Å². The standard InChI is InChI=1S/C8H13NS/c1-7-4-2-3-5-8(7)9-6-10/h7-8H,2-5H2,1H3/t7-,8-/m0/s1. The second kappa shape index (κ2) is 3.85. The van der Waals surface area contributed by atoms with Crippen LogP contribution in [-0.2, 0) is 0 Å². The Kier molecular flexibility index (Phi) is 3.04. The van der Waals surface area contributed by atoms with E-state index in [1.807, 2.05) is 0 Å². The van der Waals surface area contributed by atoms with Gasteiger partial charge in [-0.1, -0.05) is 19.8 Å². The highest BCUT2D eigenvalue weighted by Gasteiger charge is 2.19. The fraction of sp³-hybridized carbons (Fsp3) is 0.875. The van der Waals surface area contributed by atoms with E-state index in [2.05, 4.69) is 29.3 Å². The lowest BCUT2D eigenvalue weighted by atomic mass is 9.86. The number of hydrogen-bond acceptors (Lipinski definition) is 2. The van der Waals surface area contributed by atoms with Gasteiger partial charge in [0.15, 0.2) is 0 Å². The molecule has 1 aliphatic carbocycles. The first-order valence-corrected chi connectivity index (χ1v) is 4.32. The minimum absolute atomic E-state index is 0.478. The quantitative estimate of drug-likeness (QED) is 0.419. The zero-order valence-electron chi connectivity index (χ0n) is 6.34. The van der Waals surface area contributed by atoms with E-state index in [1.54, 1.807) is 0 Å². The molecule has 0 bridgehead atoms. The maximum atomic E-state index is 4.57. The topological polar surface area (TPSA) is 12.4 Å². The molecule has 0 heterocycles. The average molecular weight is 155 g/mol. The molecule has 0 unspecified atom stereocenters. The summed E-state index contributed by atoms with van der Waals surface area (Å²) in [6.45, 7) is 2.25. The second-order valence-electron chi connectivity index (χ2n) is 3.05. The number of hydrogen-bond donors (Lipinski definition) is 0. The molecule has 0 aliphatic heterocycles. The van der Waals surface area contributed by atoms with E-state index >= 15 is 0 Å². The van der Waals surface area contributed by atoms with Crippen LogP contribution >= 0.6 is 12.2 Å². The number of thiocarbonyl (C=S) groups is 1. The number of nitrogens with zero attached hydrogens (tertiary/aromatic N) is 1. The summed E-state index contributed by atoms with van der Waals surface area (Å²) >= 11 is 4.57. The summed E-state index contributed by atoms with van der Waals surface area (Å²) in [6, 6.07) is 0.478. The van der Waals surface area contributed by atoms with Crippen molar-refractivity contribution in [1.82, 2.24) is 0 Å². The van der Waals surface area contributed by atoms with E-state index in [0.717, 1.165) is 5.92 Å². The van der Waals surface area contributed by atoms with E-state index in [-0.39, 0.29) is 0 Å². The number of isothiocyanates is 1. The zero-order valence-corrected chi connectivity index (χ0v) is 7.16.